The maximum atomic E-state index is 12.4. The molecule has 0 radical (unpaired) electrons. The largest absolute Gasteiger partial charge is 0.497 e. The number of sulfonamides is 1. The van der Waals surface area contributed by atoms with E-state index in [0.717, 1.165) is 5.75 Å². The quantitative estimate of drug-likeness (QED) is 0.755. The lowest BCUT2D eigenvalue weighted by Crippen LogP contribution is -2.36. The third kappa shape index (κ3) is 5.26. The molecule has 0 saturated carbocycles. The average Bonchev–Trinajstić information content (AvgIpc) is 2.60. The number of rotatable bonds is 8. The van der Waals surface area contributed by atoms with Crippen LogP contribution in [0.5, 0.6) is 17.2 Å². The number of hydrogen-bond acceptors (Lipinski definition) is 5. The molecule has 8 heteroatoms. The zero-order valence-corrected chi connectivity index (χ0v) is 15.7. The van der Waals surface area contributed by atoms with Crippen molar-refractivity contribution >= 4 is 21.6 Å². The SMILES string of the molecule is COc1ccc(OCC(C)NS(=O)(=O)c2ccc(OC)c(Cl)c2)cc1. The smallest absolute Gasteiger partial charge is 0.240 e. The van der Waals surface area contributed by atoms with Gasteiger partial charge in [-0.3, -0.25) is 0 Å². The van der Waals surface area contributed by atoms with Crippen LogP contribution in [0.4, 0.5) is 0 Å². The molecule has 0 aliphatic heterocycles. The Hall–Kier alpha value is -1.96. The van der Waals surface area contributed by atoms with Gasteiger partial charge in [-0.05, 0) is 49.4 Å². The summed E-state index contributed by atoms with van der Waals surface area (Å²) in [7, 11) is -0.666. The van der Waals surface area contributed by atoms with Crippen LogP contribution in [-0.4, -0.2) is 35.3 Å². The topological polar surface area (TPSA) is 73.9 Å². The molecule has 1 unspecified atom stereocenters. The van der Waals surface area contributed by atoms with Gasteiger partial charge >= 0.3 is 0 Å². The van der Waals surface area contributed by atoms with Crippen LogP contribution in [0.3, 0.4) is 0 Å². The van der Waals surface area contributed by atoms with Gasteiger partial charge in [0.05, 0.1) is 30.2 Å². The van der Waals surface area contributed by atoms with Crippen molar-refractivity contribution in [3.8, 4) is 17.2 Å². The van der Waals surface area contributed by atoms with Gasteiger partial charge < -0.3 is 14.2 Å². The molecule has 0 amide bonds. The highest BCUT2D eigenvalue weighted by Crippen LogP contribution is 2.27. The highest BCUT2D eigenvalue weighted by molar-refractivity contribution is 7.89. The van der Waals surface area contributed by atoms with Crippen molar-refractivity contribution in [1.29, 1.82) is 0 Å². The standard InChI is InChI=1S/C17H20ClNO5S/c1-12(11-24-14-6-4-13(22-2)5-7-14)19-25(20,21)15-8-9-17(23-3)16(18)10-15/h4-10,12,19H,11H2,1-3H3. The maximum absolute atomic E-state index is 12.4. The molecule has 1 atom stereocenters. The number of ether oxygens (including phenoxy) is 3. The molecule has 2 rings (SSSR count). The van der Waals surface area contributed by atoms with Gasteiger partial charge in [-0.1, -0.05) is 11.6 Å². The molecular weight excluding hydrogens is 366 g/mol. The Bertz CT molecular complexity index is 808. The molecular formula is C17H20ClNO5S. The molecule has 0 aliphatic rings. The third-order valence-electron chi connectivity index (χ3n) is 3.35. The van der Waals surface area contributed by atoms with E-state index in [2.05, 4.69) is 4.72 Å². The molecule has 25 heavy (non-hydrogen) atoms. The van der Waals surface area contributed by atoms with Gasteiger partial charge in [0.2, 0.25) is 10.0 Å². The van der Waals surface area contributed by atoms with Gasteiger partial charge in [0.25, 0.3) is 0 Å². The summed E-state index contributed by atoms with van der Waals surface area (Å²) < 4.78 is 43.0. The van der Waals surface area contributed by atoms with E-state index in [4.69, 9.17) is 25.8 Å². The summed E-state index contributed by atoms with van der Waals surface area (Å²) in [5.74, 6) is 1.76. The first-order valence-electron chi connectivity index (χ1n) is 7.48. The molecule has 136 valence electrons. The van der Waals surface area contributed by atoms with E-state index in [1.165, 1.54) is 25.3 Å². The van der Waals surface area contributed by atoms with Crippen LogP contribution in [0.2, 0.25) is 5.02 Å². The van der Waals surface area contributed by atoms with Crippen LogP contribution >= 0.6 is 11.6 Å². The number of methoxy groups -OCH3 is 2. The molecule has 6 nitrogen and oxygen atoms in total. The predicted octanol–water partition coefficient (Wildman–Crippen LogP) is 3.10. The molecule has 0 aromatic heterocycles. The summed E-state index contributed by atoms with van der Waals surface area (Å²) in [5, 5.41) is 0.229. The van der Waals surface area contributed by atoms with E-state index in [0.29, 0.717) is 11.5 Å². The molecule has 2 aromatic carbocycles. The second kappa shape index (κ2) is 8.42. The predicted molar refractivity (Wildman–Crippen MR) is 96.3 cm³/mol. The first kappa shape index (κ1) is 19.4. The van der Waals surface area contributed by atoms with Crippen molar-refractivity contribution in [3.63, 3.8) is 0 Å². The Kier molecular flexibility index (Phi) is 6.52. The van der Waals surface area contributed by atoms with E-state index < -0.39 is 16.1 Å². The lowest BCUT2D eigenvalue weighted by atomic mass is 10.3. The zero-order chi connectivity index (χ0) is 18.4. The summed E-state index contributed by atoms with van der Waals surface area (Å²) in [6, 6.07) is 10.9. The van der Waals surface area contributed by atoms with Crippen LogP contribution in [-0.2, 0) is 10.0 Å². The van der Waals surface area contributed by atoms with Gasteiger partial charge in [0.1, 0.15) is 23.9 Å². The molecule has 2 aromatic rings. The minimum absolute atomic E-state index is 0.0644. The maximum Gasteiger partial charge on any atom is 0.240 e. The Balaban J connectivity index is 1.98. The summed E-state index contributed by atoms with van der Waals surface area (Å²) in [6.07, 6.45) is 0. The molecule has 0 fully saturated rings. The molecule has 0 spiro atoms. The normalized spacial score (nSPS) is 12.5. The van der Waals surface area contributed by atoms with Crippen LogP contribution in [0.15, 0.2) is 47.4 Å². The van der Waals surface area contributed by atoms with Crippen molar-refractivity contribution in [3.05, 3.63) is 47.5 Å². The summed E-state index contributed by atoms with van der Waals surface area (Å²) in [6.45, 7) is 1.89. The monoisotopic (exact) mass is 385 g/mol. The Labute approximate surface area is 152 Å². The lowest BCUT2D eigenvalue weighted by Gasteiger charge is -2.16. The fourth-order valence-corrected chi connectivity index (χ4v) is 3.65. The van der Waals surface area contributed by atoms with Crippen LogP contribution in [0.1, 0.15) is 6.92 Å². The first-order chi connectivity index (χ1) is 11.9. The fourth-order valence-electron chi connectivity index (χ4n) is 2.07. The Morgan fingerprint density at radius 3 is 2.24 bits per heavy atom. The van der Waals surface area contributed by atoms with Crippen molar-refractivity contribution in [2.75, 3.05) is 20.8 Å². The Morgan fingerprint density at radius 2 is 1.68 bits per heavy atom. The second-order valence-corrected chi connectivity index (χ2v) is 7.43. The van der Waals surface area contributed by atoms with E-state index in [1.807, 2.05) is 0 Å². The zero-order valence-electron chi connectivity index (χ0n) is 14.2. The lowest BCUT2D eigenvalue weighted by molar-refractivity contribution is 0.287. The average molecular weight is 386 g/mol. The first-order valence-corrected chi connectivity index (χ1v) is 9.34. The van der Waals surface area contributed by atoms with Crippen LogP contribution in [0.25, 0.3) is 0 Å². The molecule has 0 heterocycles. The van der Waals surface area contributed by atoms with E-state index in [-0.39, 0.29) is 16.5 Å². The van der Waals surface area contributed by atoms with Crippen LogP contribution in [0, 0.1) is 0 Å². The van der Waals surface area contributed by atoms with Gasteiger partial charge in [-0.15, -0.1) is 0 Å². The number of nitrogens with one attached hydrogen (secondary N) is 1. The molecule has 0 aliphatic carbocycles. The third-order valence-corrected chi connectivity index (χ3v) is 5.23. The van der Waals surface area contributed by atoms with E-state index in [1.54, 1.807) is 38.3 Å². The highest BCUT2D eigenvalue weighted by atomic mass is 35.5. The summed E-state index contributed by atoms with van der Waals surface area (Å²) in [5.41, 5.74) is 0. The number of benzene rings is 2. The van der Waals surface area contributed by atoms with Crippen molar-refractivity contribution in [2.24, 2.45) is 0 Å². The second-order valence-electron chi connectivity index (χ2n) is 5.31. The van der Waals surface area contributed by atoms with E-state index >= 15 is 0 Å². The van der Waals surface area contributed by atoms with Gasteiger partial charge in [0.15, 0.2) is 0 Å². The molecule has 1 N–H and O–H groups in total. The van der Waals surface area contributed by atoms with Crippen molar-refractivity contribution in [2.45, 2.75) is 17.9 Å². The molecule has 0 bridgehead atoms. The number of hydrogen-bond donors (Lipinski definition) is 1. The highest BCUT2D eigenvalue weighted by Gasteiger charge is 2.19. The Morgan fingerprint density at radius 1 is 1.04 bits per heavy atom. The van der Waals surface area contributed by atoms with Crippen molar-refractivity contribution < 1.29 is 22.6 Å². The minimum atomic E-state index is -3.71. The van der Waals surface area contributed by atoms with Gasteiger partial charge in [-0.2, -0.15) is 0 Å². The van der Waals surface area contributed by atoms with Crippen LogP contribution < -0.4 is 18.9 Å². The molecule has 0 saturated heterocycles. The minimum Gasteiger partial charge on any atom is -0.497 e. The van der Waals surface area contributed by atoms with E-state index in [9.17, 15) is 8.42 Å². The summed E-state index contributed by atoms with van der Waals surface area (Å²) in [4.78, 5) is 0.0644. The van der Waals surface area contributed by atoms with Gasteiger partial charge in [0, 0.05) is 0 Å². The number of halogens is 1. The summed E-state index contributed by atoms with van der Waals surface area (Å²) >= 11 is 5.99. The van der Waals surface area contributed by atoms with Gasteiger partial charge in [-0.25, -0.2) is 13.1 Å². The van der Waals surface area contributed by atoms with Crippen molar-refractivity contribution in [1.82, 2.24) is 4.72 Å². The fraction of sp³-hybridized carbons (Fsp3) is 0.294.